The van der Waals surface area contributed by atoms with E-state index >= 15 is 0 Å². The Morgan fingerprint density at radius 2 is 1.63 bits per heavy atom. The highest BCUT2D eigenvalue weighted by molar-refractivity contribution is 6.30. The van der Waals surface area contributed by atoms with E-state index in [1.807, 2.05) is 24.3 Å². The van der Waals surface area contributed by atoms with Gasteiger partial charge in [0, 0.05) is 11.6 Å². The number of hydrogen-bond acceptors (Lipinski definition) is 2. The molecule has 1 fully saturated rings. The van der Waals surface area contributed by atoms with Crippen LogP contribution in [0.5, 0.6) is 0 Å². The van der Waals surface area contributed by atoms with E-state index in [1.54, 1.807) is 0 Å². The maximum atomic E-state index is 12.5. The average molecular weight is 385 g/mol. The lowest BCUT2D eigenvalue weighted by molar-refractivity contribution is -0.120. The second-order valence-electron chi connectivity index (χ2n) is 7.48. The summed E-state index contributed by atoms with van der Waals surface area (Å²) in [7, 11) is 0. The minimum atomic E-state index is 0.0595. The van der Waals surface area contributed by atoms with E-state index in [0.29, 0.717) is 18.0 Å². The third kappa shape index (κ3) is 6.08. The van der Waals surface area contributed by atoms with Crippen LogP contribution in [0, 0.1) is 6.92 Å². The summed E-state index contributed by atoms with van der Waals surface area (Å²) in [5.74, 6) is 0.0595. The number of amides is 1. The molecule has 1 heterocycles. The highest BCUT2D eigenvalue weighted by Crippen LogP contribution is 2.24. The number of aryl methyl sites for hydroxylation is 1. The van der Waals surface area contributed by atoms with Gasteiger partial charge in [-0.25, -0.2) is 0 Å². The van der Waals surface area contributed by atoms with Crippen molar-refractivity contribution in [3.05, 3.63) is 70.2 Å². The maximum Gasteiger partial charge on any atom is 0.224 e. The second-order valence-corrected chi connectivity index (χ2v) is 7.92. The molecule has 0 spiro atoms. The Labute approximate surface area is 167 Å². The number of benzene rings is 2. The molecule has 1 N–H and O–H groups in total. The van der Waals surface area contributed by atoms with Crippen LogP contribution in [0.25, 0.3) is 0 Å². The van der Waals surface area contributed by atoms with E-state index in [4.69, 9.17) is 11.6 Å². The normalized spacial score (nSPS) is 16.5. The summed E-state index contributed by atoms with van der Waals surface area (Å²) in [5.41, 5.74) is 3.54. The van der Waals surface area contributed by atoms with Gasteiger partial charge in [0.05, 0.1) is 12.5 Å². The molecule has 144 valence electrons. The summed E-state index contributed by atoms with van der Waals surface area (Å²) < 4.78 is 0. The Balaban J connectivity index is 1.65. The maximum absolute atomic E-state index is 12.5. The Morgan fingerprint density at radius 1 is 1.00 bits per heavy atom. The smallest absolute Gasteiger partial charge is 0.224 e. The Bertz CT molecular complexity index is 719. The molecular weight excluding hydrogens is 356 g/mol. The molecule has 3 rings (SSSR count). The number of likely N-dealkylation sites (tertiary alicyclic amines) is 1. The summed E-state index contributed by atoms with van der Waals surface area (Å²) in [6.45, 7) is 4.96. The van der Waals surface area contributed by atoms with Gasteiger partial charge < -0.3 is 5.32 Å². The number of nitrogens with zero attached hydrogens (tertiary/aromatic N) is 1. The summed E-state index contributed by atoms with van der Waals surface area (Å²) >= 11 is 5.92. The van der Waals surface area contributed by atoms with Gasteiger partial charge in [0.1, 0.15) is 0 Å². The Hall–Kier alpha value is -1.84. The topological polar surface area (TPSA) is 32.3 Å². The van der Waals surface area contributed by atoms with Gasteiger partial charge in [0.25, 0.3) is 0 Å². The second kappa shape index (κ2) is 9.91. The monoisotopic (exact) mass is 384 g/mol. The van der Waals surface area contributed by atoms with Crippen LogP contribution in [0.1, 0.15) is 48.4 Å². The van der Waals surface area contributed by atoms with Gasteiger partial charge in [-0.2, -0.15) is 0 Å². The summed E-state index contributed by atoms with van der Waals surface area (Å²) in [4.78, 5) is 15.0. The van der Waals surface area contributed by atoms with Gasteiger partial charge in [-0.3, -0.25) is 9.69 Å². The zero-order valence-electron chi connectivity index (χ0n) is 16.1. The average Bonchev–Trinajstić information content (AvgIpc) is 2.95. The first kappa shape index (κ1) is 19.9. The molecule has 0 bridgehead atoms. The van der Waals surface area contributed by atoms with E-state index in [9.17, 15) is 4.79 Å². The number of carbonyl (C=O) groups excluding carboxylic acids is 1. The number of hydrogen-bond donors (Lipinski definition) is 1. The lowest BCUT2D eigenvalue weighted by Crippen LogP contribution is -2.39. The fourth-order valence-corrected chi connectivity index (χ4v) is 3.84. The highest BCUT2D eigenvalue weighted by Gasteiger charge is 2.22. The van der Waals surface area contributed by atoms with Crippen LogP contribution in [-0.4, -0.2) is 30.4 Å². The fourth-order valence-electron chi connectivity index (χ4n) is 3.71. The van der Waals surface area contributed by atoms with Crippen molar-refractivity contribution in [2.75, 3.05) is 19.6 Å². The van der Waals surface area contributed by atoms with Crippen molar-refractivity contribution in [2.45, 2.75) is 45.1 Å². The van der Waals surface area contributed by atoms with Crippen molar-refractivity contribution in [3.8, 4) is 0 Å². The molecule has 1 atom stereocenters. The van der Waals surface area contributed by atoms with E-state index in [1.165, 1.54) is 36.8 Å². The Kier molecular flexibility index (Phi) is 7.31. The van der Waals surface area contributed by atoms with Crippen molar-refractivity contribution >= 4 is 17.5 Å². The SMILES string of the molecule is Cc1ccc(C(CNC(=O)Cc2ccc(Cl)cc2)N2CCCCCC2)cc1. The zero-order chi connectivity index (χ0) is 19.1. The number of carbonyl (C=O) groups is 1. The van der Waals surface area contributed by atoms with Gasteiger partial charge in [-0.1, -0.05) is 66.4 Å². The van der Waals surface area contributed by atoms with Crippen molar-refractivity contribution in [1.29, 1.82) is 0 Å². The summed E-state index contributed by atoms with van der Waals surface area (Å²) in [5, 5.41) is 3.86. The number of halogens is 1. The zero-order valence-corrected chi connectivity index (χ0v) is 16.8. The van der Waals surface area contributed by atoms with Crippen molar-refractivity contribution < 1.29 is 4.79 Å². The molecule has 0 radical (unpaired) electrons. The number of nitrogens with one attached hydrogen (secondary N) is 1. The van der Waals surface area contributed by atoms with E-state index in [-0.39, 0.29) is 11.9 Å². The van der Waals surface area contributed by atoms with Gasteiger partial charge in [-0.05, 0) is 56.1 Å². The Morgan fingerprint density at radius 3 is 2.26 bits per heavy atom. The summed E-state index contributed by atoms with van der Waals surface area (Å²) in [6, 6.07) is 16.4. The molecule has 0 aliphatic carbocycles. The predicted octanol–water partition coefficient (Wildman–Crippen LogP) is 4.92. The van der Waals surface area contributed by atoms with E-state index in [0.717, 1.165) is 18.7 Å². The molecule has 4 heteroatoms. The first-order valence-corrected chi connectivity index (χ1v) is 10.3. The van der Waals surface area contributed by atoms with Crippen LogP contribution >= 0.6 is 11.6 Å². The first-order valence-electron chi connectivity index (χ1n) is 9.93. The lowest BCUT2D eigenvalue weighted by Gasteiger charge is -2.31. The molecule has 2 aromatic rings. The molecule has 1 amide bonds. The molecular formula is C23H29ClN2O. The van der Waals surface area contributed by atoms with Crippen LogP contribution < -0.4 is 5.32 Å². The quantitative estimate of drug-likeness (QED) is 0.766. The van der Waals surface area contributed by atoms with Crippen molar-refractivity contribution in [3.63, 3.8) is 0 Å². The molecule has 0 aromatic heterocycles. The molecule has 2 aromatic carbocycles. The predicted molar refractivity (Wildman–Crippen MR) is 112 cm³/mol. The first-order chi connectivity index (χ1) is 13.1. The molecule has 0 saturated carbocycles. The van der Waals surface area contributed by atoms with Gasteiger partial charge in [0.2, 0.25) is 5.91 Å². The van der Waals surface area contributed by atoms with Gasteiger partial charge in [0.15, 0.2) is 0 Å². The molecule has 1 saturated heterocycles. The lowest BCUT2D eigenvalue weighted by atomic mass is 10.0. The van der Waals surface area contributed by atoms with Crippen LogP contribution in [0.3, 0.4) is 0 Å². The standard InChI is InChI=1S/C23H29ClN2O/c1-18-6-10-20(11-7-18)22(26-14-4-2-3-5-15-26)17-25-23(27)16-19-8-12-21(24)13-9-19/h6-13,22H,2-5,14-17H2,1H3,(H,25,27). The highest BCUT2D eigenvalue weighted by atomic mass is 35.5. The largest absolute Gasteiger partial charge is 0.354 e. The fraction of sp³-hybridized carbons (Fsp3) is 0.435. The summed E-state index contributed by atoms with van der Waals surface area (Å²) in [6.07, 6.45) is 5.47. The molecule has 1 aliphatic rings. The van der Waals surface area contributed by atoms with Crippen LogP contribution in [-0.2, 0) is 11.2 Å². The minimum Gasteiger partial charge on any atom is -0.354 e. The minimum absolute atomic E-state index is 0.0595. The third-order valence-electron chi connectivity index (χ3n) is 5.31. The van der Waals surface area contributed by atoms with Gasteiger partial charge in [-0.15, -0.1) is 0 Å². The van der Waals surface area contributed by atoms with Crippen LogP contribution in [0.2, 0.25) is 5.02 Å². The number of rotatable bonds is 6. The van der Waals surface area contributed by atoms with Crippen LogP contribution in [0.15, 0.2) is 48.5 Å². The van der Waals surface area contributed by atoms with Crippen LogP contribution in [0.4, 0.5) is 0 Å². The van der Waals surface area contributed by atoms with Gasteiger partial charge >= 0.3 is 0 Å². The molecule has 27 heavy (non-hydrogen) atoms. The molecule has 1 aliphatic heterocycles. The molecule has 3 nitrogen and oxygen atoms in total. The van der Waals surface area contributed by atoms with E-state index < -0.39 is 0 Å². The molecule has 1 unspecified atom stereocenters. The third-order valence-corrected chi connectivity index (χ3v) is 5.57. The van der Waals surface area contributed by atoms with Crippen molar-refractivity contribution in [2.24, 2.45) is 0 Å². The van der Waals surface area contributed by atoms with Crippen molar-refractivity contribution in [1.82, 2.24) is 10.2 Å². The van der Waals surface area contributed by atoms with E-state index in [2.05, 4.69) is 41.4 Å².